The van der Waals surface area contributed by atoms with E-state index >= 15 is 0 Å². The molecule has 0 saturated carbocycles. The van der Waals surface area contributed by atoms with Crippen molar-refractivity contribution in [2.75, 3.05) is 6.54 Å². The van der Waals surface area contributed by atoms with Gasteiger partial charge in [-0.25, -0.2) is 0 Å². The smallest absolute Gasteiger partial charge is 0.0453 e. The van der Waals surface area contributed by atoms with E-state index in [1.807, 2.05) is 19.1 Å². The van der Waals surface area contributed by atoms with Crippen LogP contribution in [0.1, 0.15) is 38.7 Å². The molecule has 1 nitrogen and oxygen atoms in total. The van der Waals surface area contributed by atoms with Crippen LogP contribution in [-0.4, -0.2) is 12.6 Å². The number of hydrogen-bond donors (Lipinski definition) is 1. The highest BCUT2D eigenvalue weighted by Gasteiger charge is 2.10. The van der Waals surface area contributed by atoms with Gasteiger partial charge >= 0.3 is 0 Å². The van der Waals surface area contributed by atoms with Crippen LogP contribution in [0.3, 0.4) is 0 Å². The summed E-state index contributed by atoms with van der Waals surface area (Å²) in [7, 11) is 0. The van der Waals surface area contributed by atoms with Crippen LogP contribution < -0.4 is 5.32 Å². The van der Waals surface area contributed by atoms with Crippen molar-refractivity contribution in [1.29, 1.82) is 0 Å². The van der Waals surface area contributed by atoms with Crippen molar-refractivity contribution in [3.05, 3.63) is 33.8 Å². The second kappa shape index (κ2) is 9.26. The van der Waals surface area contributed by atoms with E-state index in [0.29, 0.717) is 11.1 Å². The SMILES string of the molecule is CC#CCCC(Cc1ccc(Cl)cc1Cl)NCCC. The van der Waals surface area contributed by atoms with Crippen molar-refractivity contribution in [3.63, 3.8) is 0 Å². The Labute approximate surface area is 126 Å². The van der Waals surface area contributed by atoms with Crippen molar-refractivity contribution >= 4 is 23.2 Å². The fourth-order valence-electron chi connectivity index (χ4n) is 1.95. The molecule has 19 heavy (non-hydrogen) atoms. The van der Waals surface area contributed by atoms with Crippen molar-refractivity contribution in [2.24, 2.45) is 0 Å². The molecule has 1 atom stereocenters. The molecule has 0 heterocycles. The number of benzene rings is 1. The summed E-state index contributed by atoms with van der Waals surface area (Å²) in [6.45, 7) is 5.07. The van der Waals surface area contributed by atoms with Crippen molar-refractivity contribution < 1.29 is 0 Å². The van der Waals surface area contributed by atoms with E-state index in [2.05, 4.69) is 24.1 Å². The first-order chi connectivity index (χ1) is 9.17. The maximum atomic E-state index is 6.23. The van der Waals surface area contributed by atoms with Crippen molar-refractivity contribution in [3.8, 4) is 11.8 Å². The lowest BCUT2D eigenvalue weighted by Crippen LogP contribution is -2.31. The van der Waals surface area contributed by atoms with Gasteiger partial charge < -0.3 is 5.32 Å². The molecule has 0 aromatic heterocycles. The zero-order valence-corrected chi connectivity index (χ0v) is 13.1. The lowest BCUT2D eigenvalue weighted by molar-refractivity contribution is 0.483. The second-order valence-corrected chi connectivity index (χ2v) is 5.40. The maximum Gasteiger partial charge on any atom is 0.0453 e. The molecular formula is C16H21Cl2N. The molecule has 3 heteroatoms. The fourth-order valence-corrected chi connectivity index (χ4v) is 2.43. The fraction of sp³-hybridized carbons (Fsp3) is 0.500. The van der Waals surface area contributed by atoms with E-state index in [4.69, 9.17) is 23.2 Å². The summed E-state index contributed by atoms with van der Waals surface area (Å²) in [5.41, 5.74) is 1.14. The lowest BCUT2D eigenvalue weighted by atomic mass is 10.0. The third-order valence-electron chi connectivity index (χ3n) is 2.96. The molecule has 1 unspecified atom stereocenters. The molecular weight excluding hydrogens is 277 g/mol. The zero-order valence-electron chi connectivity index (χ0n) is 11.6. The van der Waals surface area contributed by atoms with E-state index in [9.17, 15) is 0 Å². The van der Waals surface area contributed by atoms with Gasteiger partial charge in [-0.15, -0.1) is 11.8 Å². The average Bonchev–Trinajstić information content (AvgIpc) is 2.39. The first-order valence-corrected chi connectivity index (χ1v) is 7.49. The van der Waals surface area contributed by atoms with E-state index < -0.39 is 0 Å². The molecule has 1 rings (SSSR count). The normalized spacial score (nSPS) is 11.8. The molecule has 0 bridgehead atoms. The van der Waals surface area contributed by atoms with Gasteiger partial charge in [0.05, 0.1) is 0 Å². The topological polar surface area (TPSA) is 12.0 Å². The third kappa shape index (κ3) is 6.34. The molecule has 104 valence electrons. The van der Waals surface area contributed by atoms with Crippen molar-refractivity contribution in [2.45, 2.75) is 45.6 Å². The Hall–Kier alpha value is -0.680. The van der Waals surface area contributed by atoms with Gasteiger partial charge in [-0.3, -0.25) is 0 Å². The van der Waals surface area contributed by atoms with Gasteiger partial charge in [-0.2, -0.15) is 0 Å². The maximum absolute atomic E-state index is 6.23. The van der Waals surface area contributed by atoms with Gasteiger partial charge in [0.15, 0.2) is 0 Å². The number of nitrogens with one attached hydrogen (secondary N) is 1. The number of halogens is 2. The van der Waals surface area contributed by atoms with Crippen LogP contribution in [0.5, 0.6) is 0 Å². The van der Waals surface area contributed by atoms with Crippen LogP contribution in [0.15, 0.2) is 18.2 Å². The Kier molecular flexibility index (Phi) is 7.98. The molecule has 0 spiro atoms. The van der Waals surface area contributed by atoms with Gasteiger partial charge in [0.1, 0.15) is 0 Å². The second-order valence-electron chi connectivity index (χ2n) is 4.56. The Morgan fingerprint density at radius 3 is 2.74 bits per heavy atom. The van der Waals surface area contributed by atoms with Gasteiger partial charge in [0, 0.05) is 22.5 Å². The van der Waals surface area contributed by atoms with Gasteiger partial charge in [0.25, 0.3) is 0 Å². The number of rotatable bonds is 7. The molecule has 1 N–H and O–H groups in total. The predicted molar refractivity (Wildman–Crippen MR) is 84.9 cm³/mol. The molecule has 1 aromatic rings. The minimum absolute atomic E-state index is 0.416. The molecule has 0 radical (unpaired) electrons. The molecule has 0 fully saturated rings. The Bertz CT molecular complexity index is 446. The van der Waals surface area contributed by atoms with Gasteiger partial charge in [0.2, 0.25) is 0 Å². The molecule has 0 aliphatic heterocycles. The van der Waals surface area contributed by atoms with Gasteiger partial charge in [-0.05, 0) is 50.4 Å². The quantitative estimate of drug-likeness (QED) is 0.719. The van der Waals surface area contributed by atoms with Crippen molar-refractivity contribution in [1.82, 2.24) is 5.32 Å². The first kappa shape index (κ1) is 16.4. The summed E-state index contributed by atoms with van der Waals surface area (Å²) in [5.74, 6) is 6.06. The van der Waals surface area contributed by atoms with E-state index in [1.165, 1.54) is 0 Å². The summed E-state index contributed by atoms with van der Waals surface area (Å²) in [6.07, 6.45) is 4.01. The minimum Gasteiger partial charge on any atom is -0.314 e. The predicted octanol–water partition coefficient (Wildman–Crippen LogP) is 4.71. The van der Waals surface area contributed by atoms with E-state index in [-0.39, 0.29) is 0 Å². The van der Waals surface area contributed by atoms with Crippen LogP contribution >= 0.6 is 23.2 Å². The molecule has 0 aliphatic carbocycles. The third-order valence-corrected chi connectivity index (χ3v) is 3.55. The van der Waals surface area contributed by atoms with Crippen LogP contribution in [-0.2, 0) is 6.42 Å². The first-order valence-electron chi connectivity index (χ1n) is 6.74. The summed E-state index contributed by atoms with van der Waals surface area (Å²) >= 11 is 12.1. The Morgan fingerprint density at radius 2 is 2.11 bits per heavy atom. The highest BCUT2D eigenvalue weighted by Crippen LogP contribution is 2.22. The molecule has 0 saturated heterocycles. The van der Waals surface area contributed by atoms with E-state index in [1.54, 1.807) is 6.07 Å². The standard InChI is InChI=1S/C16H21Cl2N/c1-3-5-6-7-15(19-10-4-2)11-13-8-9-14(17)12-16(13)18/h8-9,12,15,19H,4,6-7,10-11H2,1-2H3. The highest BCUT2D eigenvalue weighted by molar-refractivity contribution is 6.35. The summed E-state index contributed by atoms with van der Waals surface area (Å²) in [4.78, 5) is 0. The largest absolute Gasteiger partial charge is 0.314 e. The monoisotopic (exact) mass is 297 g/mol. The summed E-state index contributed by atoms with van der Waals surface area (Å²) < 4.78 is 0. The van der Waals surface area contributed by atoms with Gasteiger partial charge in [-0.1, -0.05) is 36.2 Å². The average molecular weight is 298 g/mol. The van der Waals surface area contributed by atoms with Crippen LogP contribution in [0.2, 0.25) is 10.0 Å². The van der Waals surface area contributed by atoms with Crippen LogP contribution in [0.25, 0.3) is 0 Å². The summed E-state index contributed by atoms with van der Waals surface area (Å²) in [6, 6.07) is 6.13. The zero-order chi connectivity index (χ0) is 14.1. The lowest BCUT2D eigenvalue weighted by Gasteiger charge is -2.18. The van der Waals surface area contributed by atoms with Crippen LogP contribution in [0, 0.1) is 11.8 Å². The molecule has 1 aromatic carbocycles. The van der Waals surface area contributed by atoms with Crippen LogP contribution in [0.4, 0.5) is 0 Å². The summed E-state index contributed by atoms with van der Waals surface area (Å²) in [5, 5.41) is 4.99. The Balaban J connectivity index is 2.65. The number of hydrogen-bond acceptors (Lipinski definition) is 1. The highest BCUT2D eigenvalue weighted by atomic mass is 35.5. The molecule has 0 amide bonds. The Morgan fingerprint density at radius 1 is 1.32 bits per heavy atom. The minimum atomic E-state index is 0.416. The molecule has 0 aliphatic rings. The van der Waals surface area contributed by atoms with E-state index in [0.717, 1.165) is 42.8 Å².